The molecule has 0 saturated carbocycles. The average Bonchev–Trinajstić information content (AvgIpc) is 3.16. The summed E-state index contributed by atoms with van der Waals surface area (Å²) in [5.41, 5.74) is 6.79. The highest BCUT2D eigenvalue weighted by Gasteiger charge is 2.29. The first-order valence-electron chi connectivity index (χ1n) is 20.3. The number of phenols is 1. The zero-order valence-electron chi connectivity index (χ0n) is 37.4. The number of benzene rings is 1. The monoisotopic (exact) mass is 819 g/mol. The SMILES string of the molecule is CCC.CCC(C)C(NC(=O)CN(C)C(=O)CN(C)C(=O)C(C)NC(=O)COC(=O)/C(C)=C/CCC(C)C[C@@H](C)CC)C(=O)N[C@H](C)C(N)=O.Cc1ccc(O)cc1. The van der Waals surface area contributed by atoms with Gasteiger partial charge < -0.3 is 41.3 Å². The molecule has 0 fully saturated rings. The van der Waals surface area contributed by atoms with Crippen molar-refractivity contribution in [1.29, 1.82) is 0 Å². The van der Waals surface area contributed by atoms with Gasteiger partial charge >= 0.3 is 5.97 Å². The molecule has 0 aliphatic rings. The standard InChI is InChI=1S/C33H58N6O8.C7H8O.C3H8/c1-11-20(3)16-21(4)14-13-15-23(6)33(46)47-19-27(41)35-25(8)32(45)39(10)18-28(42)38(9)17-26(40)37-29(22(5)12-2)31(44)36-24(7)30(34)43;1-6-2-4-7(8)5-3-6;1-3-2/h15,20-22,24-25,29H,11-14,16-19H2,1-10H3,(H2,34,43)(H,35,41)(H,36,44)(H,37,40);2-5,8H,1H3;3H2,1-2H3/b23-15+;;/t20-,21?,22?,24+,25?,29?;;/m0../s1. The van der Waals surface area contributed by atoms with Crippen LogP contribution >= 0.6 is 0 Å². The number of ether oxygens (including phenoxy) is 1. The molecule has 0 aliphatic heterocycles. The minimum Gasteiger partial charge on any atom is -0.508 e. The largest absolute Gasteiger partial charge is 0.508 e. The lowest BCUT2D eigenvalue weighted by Gasteiger charge is -2.27. The van der Waals surface area contributed by atoms with E-state index in [1.54, 1.807) is 32.1 Å². The maximum absolute atomic E-state index is 12.8. The van der Waals surface area contributed by atoms with E-state index in [0.717, 1.165) is 35.5 Å². The molecule has 58 heavy (non-hydrogen) atoms. The highest BCUT2D eigenvalue weighted by atomic mass is 16.5. The van der Waals surface area contributed by atoms with Crippen LogP contribution in [0.4, 0.5) is 0 Å². The first-order valence-corrected chi connectivity index (χ1v) is 20.3. The van der Waals surface area contributed by atoms with Crippen LogP contribution in [0, 0.1) is 24.7 Å². The van der Waals surface area contributed by atoms with Gasteiger partial charge in [-0.1, -0.05) is 91.5 Å². The number of esters is 1. The van der Waals surface area contributed by atoms with Crippen molar-refractivity contribution in [3.63, 3.8) is 0 Å². The first kappa shape index (κ1) is 55.1. The van der Waals surface area contributed by atoms with Gasteiger partial charge in [-0.25, -0.2) is 4.79 Å². The van der Waals surface area contributed by atoms with Gasteiger partial charge in [0.2, 0.25) is 29.5 Å². The average molecular weight is 819 g/mol. The number of nitrogens with two attached hydrogens (primary N) is 1. The Morgan fingerprint density at radius 2 is 1.36 bits per heavy atom. The Hall–Kier alpha value is -4.95. The summed E-state index contributed by atoms with van der Waals surface area (Å²) in [5, 5.41) is 16.3. The molecule has 15 nitrogen and oxygen atoms in total. The van der Waals surface area contributed by atoms with Crippen molar-refractivity contribution in [3.05, 3.63) is 41.5 Å². The fourth-order valence-corrected chi connectivity index (χ4v) is 5.10. The molecule has 330 valence electrons. The van der Waals surface area contributed by atoms with Crippen LogP contribution in [-0.4, -0.2) is 108 Å². The second kappa shape index (κ2) is 30.2. The Labute approximate surface area is 347 Å². The number of carbonyl (C=O) groups excluding carboxylic acids is 7. The van der Waals surface area contributed by atoms with E-state index < -0.39 is 72.7 Å². The Balaban J connectivity index is 0. The molecule has 0 aliphatic carbocycles. The lowest BCUT2D eigenvalue weighted by molar-refractivity contribution is -0.146. The minimum absolute atomic E-state index is 0.275. The lowest BCUT2D eigenvalue weighted by Crippen LogP contribution is -2.56. The molecule has 6 atom stereocenters. The molecule has 15 heteroatoms. The van der Waals surface area contributed by atoms with Crippen LogP contribution in [0.3, 0.4) is 0 Å². The predicted octanol–water partition coefficient (Wildman–Crippen LogP) is 4.39. The van der Waals surface area contributed by atoms with Gasteiger partial charge in [0.25, 0.3) is 5.91 Å². The summed E-state index contributed by atoms with van der Waals surface area (Å²) in [7, 11) is 2.75. The smallest absolute Gasteiger partial charge is 0.333 e. The summed E-state index contributed by atoms with van der Waals surface area (Å²) in [6, 6.07) is 4.18. The Morgan fingerprint density at radius 1 is 0.793 bits per heavy atom. The van der Waals surface area contributed by atoms with E-state index in [4.69, 9.17) is 15.6 Å². The lowest BCUT2D eigenvalue weighted by atomic mass is 9.92. The van der Waals surface area contributed by atoms with Crippen molar-refractivity contribution >= 4 is 41.4 Å². The van der Waals surface area contributed by atoms with Crippen LogP contribution in [0.15, 0.2) is 35.9 Å². The number of phenolic OH excluding ortho intramolecular Hbond substituents is 1. The molecule has 1 aromatic rings. The number of hydrogen-bond donors (Lipinski definition) is 5. The van der Waals surface area contributed by atoms with Gasteiger partial charge in [0.05, 0.1) is 13.1 Å². The number of amides is 6. The summed E-state index contributed by atoms with van der Waals surface area (Å²) in [6.45, 7) is 19.6. The van der Waals surface area contributed by atoms with E-state index in [1.165, 1.54) is 39.9 Å². The summed E-state index contributed by atoms with van der Waals surface area (Å²) in [5.74, 6) is -3.08. The Bertz CT molecular complexity index is 1450. The number of aromatic hydroxyl groups is 1. The van der Waals surface area contributed by atoms with Crippen LogP contribution in [0.5, 0.6) is 5.75 Å². The summed E-state index contributed by atoms with van der Waals surface area (Å²) < 4.78 is 5.08. The molecule has 1 aromatic carbocycles. The molecule has 6 N–H and O–H groups in total. The Morgan fingerprint density at radius 3 is 1.86 bits per heavy atom. The number of likely N-dealkylation sites (N-methyl/N-ethyl adjacent to an activating group) is 2. The van der Waals surface area contributed by atoms with E-state index in [9.17, 15) is 33.6 Å². The van der Waals surface area contributed by atoms with Gasteiger partial charge in [-0.05, 0) is 76.8 Å². The zero-order valence-corrected chi connectivity index (χ0v) is 37.4. The van der Waals surface area contributed by atoms with E-state index in [-0.39, 0.29) is 12.5 Å². The third-order valence-corrected chi connectivity index (χ3v) is 9.20. The maximum Gasteiger partial charge on any atom is 0.333 e. The van der Waals surface area contributed by atoms with E-state index >= 15 is 0 Å². The quantitative estimate of drug-likeness (QED) is 0.0877. The predicted molar refractivity (Wildman–Crippen MR) is 227 cm³/mol. The van der Waals surface area contributed by atoms with Crippen molar-refractivity contribution < 1.29 is 43.4 Å². The Kier molecular flexibility index (Phi) is 28.7. The number of hydrogen-bond acceptors (Lipinski definition) is 9. The van der Waals surface area contributed by atoms with Crippen molar-refractivity contribution in [1.82, 2.24) is 25.8 Å². The molecule has 0 heterocycles. The summed E-state index contributed by atoms with van der Waals surface area (Å²) >= 11 is 0. The number of carbonyl (C=O) groups is 7. The summed E-state index contributed by atoms with van der Waals surface area (Å²) in [6.07, 6.45) is 7.55. The minimum atomic E-state index is -1.02. The van der Waals surface area contributed by atoms with Crippen LogP contribution in [0.1, 0.15) is 113 Å². The normalized spacial score (nSPS) is 13.8. The summed E-state index contributed by atoms with van der Waals surface area (Å²) in [4.78, 5) is 89.1. The first-order chi connectivity index (χ1) is 27.0. The number of allylic oxidation sites excluding steroid dienone is 1. The molecule has 0 radical (unpaired) electrons. The van der Waals surface area contributed by atoms with Gasteiger partial charge in [-0.3, -0.25) is 28.8 Å². The fourth-order valence-electron chi connectivity index (χ4n) is 5.10. The molecule has 0 spiro atoms. The van der Waals surface area contributed by atoms with Crippen LogP contribution in [0.2, 0.25) is 0 Å². The number of nitrogens with zero attached hydrogens (tertiary/aromatic N) is 2. The van der Waals surface area contributed by atoms with Gasteiger partial charge in [0.1, 0.15) is 23.9 Å². The number of nitrogens with one attached hydrogen (secondary N) is 3. The number of primary amides is 1. The van der Waals surface area contributed by atoms with Crippen molar-refractivity contribution in [2.75, 3.05) is 33.8 Å². The van der Waals surface area contributed by atoms with Gasteiger partial charge in [-0.2, -0.15) is 0 Å². The third kappa shape index (κ3) is 24.6. The second-order valence-electron chi connectivity index (χ2n) is 15.2. The number of rotatable bonds is 21. The molecular formula is C43H74N6O9. The highest BCUT2D eigenvalue weighted by molar-refractivity contribution is 5.94. The maximum atomic E-state index is 12.8. The molecule has 0 aromatic heterocycles. The molecule has 0 saturated heterocycles. The topological polar surface area (TPSA) is 218 Å². The zero-order chi connectivity index (χ0) is 45.1. The molecule has 0 bridgehead atoms. The van der Waals surface area contributed by atoms with Gasteiger partial charge in [-0.15, -0.1) is 0 Å². The second-order valence-corrected chi connectivity index (χ2v) is 15.2. The third-order valence-electron chi connectivity index (χ3n) is 9.20. The van der Waals surface area contributed by atoms with Crippen LogP contribution < -0.4 is 21.7 Å². The van der Waals surface area contributed by atoms with E-state index in [2.05, 4.69) is 50.6 Å². The van der Waals surface area contributed by atoms with Crippen LogP contribution in [-0.2, 0) is 38.3 Å². The molecule has 1 rings (SSSR count). The van der Waals surface area contributed by atoms with Crippen LogP contribution in [0.25, 0.3) is 0 Å². The highest BCUT2D eigenvalue weighted by Crippen LogP contribution is 2.19. The molecule has 4 unspecified atom stereocenters. The molecular weight excluding hydrogens is 745 g/mol. The fraction of sp³-hybridized carbons (Fsp3) is 0.651. The van der Waals surface area contributed by atoms with Gasteiger partial charge in [0, 0.05) is 19.7 Å². The van der Waals surface area contributed by atoms with E-state index in [1.807, 2.05) is 26.0 Å². The molecule has 6 amide bonds. The van der Waals surface area contributed by atoms with Crippen molar-refractivity contribution in [2.45, 2.75) is 133 Å². The van der Waals surface area contributed by atoms with Gasteiger partial charge in [0.15, 0.2) is 6.61 Å². The van der Waals surface area contributed by atoms with Crippen molar-refractivity contribution in [2.24, 2.45) is 23.5 Å². The van der Waals surface area contributed by atoms with E-state index in [0.29, 0.717) is 29.6 Å². The number of aryl methyl sites for hydroxylation is 1. The van der Waals surface area contributed by atoms with Crippen molar-refractivity contribution in [3.8, 4) is 5.75 Å².